The van der Waals surface area contributed by atoms with E-state index in [1.165, 1.54) is 38.5 Å². The van der Waals surface area contributed by atoms with Gasteiger partial charge in [0, 0.05) is 0 Å². The van der Waals surface area contributed by atoms with Gasteiger partial charge in [0.15, 0.2) is 0 Å². The van der Waals surface area contributed by atoms with Crippen LogP contribution in [0.5, 0.6) is 0 Å². The molecule has 0 fully saturated rings. The van der Waals surface area contributed by atoms with Crippen molar-refractivity contribution in [3.05, 3.63) is 12.3 Å². The Kier molecular flexibility index (Phi) is 13.2. The summed E-state index contributed by atoms with van der Waals surface area (Å²) < 4.78 is 12.0. The van der Waals surface area contributed by atoms with Crippen molar-refractivity contribution in [1.82, 2.24) is 0 Å². The molecule has 3 heteroatoms. The molecule has 0 aliphatic carbocycles. The van der Waals surface area contributed by atoms with Crippen LogP contribution in [0.15, 0.2) is 12.3 Å². The van der Waals surface area contributed by atoms with Crippen LogP contribution < -0.4 is 0 Å². The molecule has 0 N–H and O–H groups in total. The summed E-state index contributed by atoms with van der Waals surface area (Å²) in [5.41, 5.74) is 0. The van der Waals surface area contributed by atoms with Crippen molar-refractivity contribution in [3.63, 3.8) is 0 Å². The number of rotatable bonds is 14. The fourth-order valence-electron chi connectivity index (χ4n) is 4.07. The van der Waals surface area contributed by atoms with Gasteiger partial charge in [-0.25, -0.2) is 0 Å². The third-order valence-electron chi connectivity index (χ3n) is 6.96. The van der Waals surface area contributed by atoms with Gasteiger partial charge >= 0.3 is 179 Å². The van der Waals surface area contributed by atoms with Crippen LogP contribution in [0.3, 0.4) is 0 Å². The molecule has 1 nitrogen and oxygen atoms in total. The molecule has 0 aromatic rings. The average molecular weight is 503 g/mol. The molecule has 0 saturated carbocycles. The zero-order valence-electron chi connectivity index (χ0n) is 20.6. The van der Waals surface area contributed by atoms with Gasteiger partial charge < -0.3 is 0 Å². The van der Waals surface area contributed by atoms with Crippen molar-refractivity contribution in [2.75, 3.05) is 0 Å². The van der Waals surface area contributed by atoms with Crippen molar-refractivity contribution >= 4 is 26.7 Å². The van der Waals surface area contributed by atoms with E-state index in [2.05, 4.69) is 80.8 Å². The molecule has 0 aromatic heterocycles. The number of allylic oxidation sites excluding steroid dienone is 1. The third kappa shape index (κ3) is 9.27. The van der Waals surface area contributed by atoms with E-state index in [4.69, 9.17) is 4.43 Å². The Balaban J connectivity index is 5.66. The summed E-state index contributed by atoms with van der Waals surface area (Å²) in [6.45, 7) is 23.8. The quantitative estimate of drug-likeness (QED) is 0.169. The Labute approximate surface area is 178 Å². The normalized spacial score (nSPS) is 14.9. The third-order valence-corrected chi connectivity index (χ3v) is 29.3. The molecule has 0 rings (SSSR count). The Morgan fingerprint density at radius 3 is 1.56 bits per heavy atom. The second-order valence-electron chi connectivity index (χ2n) is 10.6. The van der Waals surface area contributed by atoms with E-state index in [0.29, 0.717) is 0 Å². The van der Waals surface area contributed by atoms with Gasteiger partial charge in [-0.1, -0.05) is 0 Å². The van der Waals surface area contributed by atoms with Crippen molar-refractivity contribution in [1.29, 1.82) is 0 Å². The standard InChI is InChI=1S/C12H25OSi.3C4H9.Sn/c1-11(2)9-8-10-13-14(6,7)12(3,4)5;3*1-3-4-2;/h8-11H,1-7H3;3*1,3-4H2,2H3;/b10-8+;;;;. The van der Waals surface area contributed by atoms with E-state index in [9.17, 15) is 0 Å². The van der Waals surface area contributed by atoms with Crippen LogP contribution >= 0.6 is 0 Å². The van der Waals surface area contributed by atoms with Gasteiger partial charge in [0.25, 0.3) is 0 Å². The zero-order valence-corrected chi connectivity index (χ0v) is 24.4. The Morgan fingerprint density at radius 1 is 0.852 bits per heavy atom. The van der Waals surface area contributed by atoms with Gasteiger partial charge in [-0.05, 0) is 0 Å². The molecular weight excluding hydrogens is 451 g/mol. The first-order valence-electron chi connectivity index (χ1n) is 11.8. The fourth-order valence-corrected chi connectivity index (χ4v) is 24.3. The van der Waals surface area contributed by atoms with Gasteiger partial charge in [0.2, 0.25) is 0 Å². The van der Waals surface area contributed by atoms with E-state index in [1.807, 2.05) is 0 Å². The van der Waals surface area contributed by atoms with E-state index >= 15 is 0 Å². The molecule has 0 heterocycles. The molecule has 0 saturated heterocycles. The van der Waals surface area contributed by atoms with E-state index in [0.717, 1.165) is 9.85 Å². The summed E-state index contributed by atoms with van der Waals surface area (Å²) in [5.74, 6) is 0.755. The predicted molar refractivity (Wildman–Crippen MR) is 131 cm³/mol. The molecule has 0 spiro atoms. The maximum atomic E-state index is 6.48. The van der Waals surface area contributed by atoms with Crippen LogP contribution in [0.4, 0.5) is 0 Å². The number of unbranched alkanes of at least 4 members (excludes halogenated alkanes) is 3. The van der Waals surface area contributed by atoms with Crippen LogP contribution in [-0.2, 0) is 4.43 Å². The molecule has 0 aliphatic heterocycles. The topological polar surface area (TPSA) is 9.23 Å². The van der Waals surface area contributed by atoms with Gasteiger partial charge in [0.1, 0.15) is 0 Å². The van der Waals surface area contributed by atoms with Crippen molar-refractivity contribution in [3.8, 4) is 0 Å². The predicted octanol–water partition coefficient (Wildman–Crippen LogP) is 9.40. The Morgan fingerprint density at radius 2 is 1.26 bits per heavy atom. The molecule has 0 aliphatic rings. The zero-order chi connectivity index (χ0) is 21.1. The SMILES string of the molecule is CCC[CH2][Sn]([CH2]CCC)([CH2]CCC)[CH](/C=C/O[Si](C)(C)C(C)(C)C)C(C)C. The summed E-state index contributed by atoms with van der Waals surface area (Å²) in [6.07, 6.45) is 13.1. The summed E-state index contributed by atoms with van der Waals surface area (Å²) >= 11 is -2.26. The first kappa shape index (κ1) is 27.6. The average Bonchev–Trinajstić information content (AvgIpc) is 2.57. The van der Waals surface area contributed by atoms with Crippen LogP contribution in [0.1, 0.15) is 93.9 Å². The summed E-state index contributed by atoms with van der Waals surface area (Å²) in [4.78, 5) is 0. The van der Waals surface area contributed by atoms with Crippen LogP contribution in [-0.4, -0.2) is 26.7 Å². The van der Waals surface area contributed by atoms with Crippen LogP contribution in [0.2, 0.25) is 35.4 Å². The first-order valence-corrected chi connectivity index (χ1v) is 22.4. The number of hydrogen-bond acceptors (Lipinski definition) is 1. The second kappa shape index (κ2) is 13.0. The van der Waals surface area contributed by atoms with Crippen LogP contribution in [0.25, 0.3) is 0 Å². The summed E-state index contributed by atoms with van der Waals surface area (Å²) in [7, 11) is -1.71. The van der Waals surface area contributed by atoms with Crippen molar-refractivity contribution in [2.24, 2.45) is 5.92 Å². The number of hydrogen-bond donors (Lipinski definition) is 0. The van der Waals surface area contributed by atoms with Gasteiger partial charge in [-0.2, -0.15) is 0 Å². The Hall–Kier alpha value is 0.556. The van der Waals surface area contributed by atoms with E-state index < -0.39 is 26.7 Å². The fraction of sp³-hybridized carbons (Fsp3) is 0.917. The summed E-state index contributed by atoms with van der Waals surface area (Å²) in [5, 5.41) is 0.275. The van der Waals surface area contributed by atoms with Crippen molar-refractivity contribution in [2.45, 2.75) is 129 Å². The molecule has 0 radical (unpaired) electrons. The van der Waals surface area contributed by atoms with Crippen LogP contribution in [0, 0.1) is 5.92 Å². The van der Waals surface area contributed by atoms with Gasteiger partial charge in [0.05, 0.1) is 0 Å². The molecule has 27 heavy (non-hydrogen) atoms. The van der Waals surface area contributed by atoms with Gasteiger partial charge in [-0.15, -0.1) is 0 Å². The maximum absolute atomic E-state index is 6.48. The Bertz CT molecular complexity index is 387. The first-order chi connectivity index (χ1) is 12.5. The minimum absolute atomic E-state index is 0.275. The molecular formula is C24H52OSiSn. The minimum atomic E-state index is -2.26. The van der Waals surface area contributed by atoms with Gasteiger partial charge in [-0.3, -0.25) is 0 Å². The molecule has 0 bridgehead atoms. The van der Waals surface area contributed by atoms with Crippen molar-refractivity contribution < 1.29 is 4.43 Å². The molecule has 162 valence electrons. The summed E-state index contributed by atoms with van der Waals surface area (Å²) in [6, 6.07) is 0. The monoisotopic (exact) mass is 504 g/mol. The molecule has 0 aromatic carbocycles. The van der Waals surface area contributed by atoms with E-state index in [1.54, 1.807) is 13.3 Å². The molecule has 1 unspecified atom stereocenters. The second-order valence-corrected chi connectivity index (χ2v) is 29.4. The molecule has 0 amide bonds. The molecule has 1 atom stereocenters. The van der Waals surface area contributed by atoms with E-state index in [-0.39, 0.29) is 5.04 Å².